The number of aryl methyl sites for hydroxylation is 1. The van der Waals surface area contributed by atoms with Gasteiger partial charge in [0.25, 0.3) is 0 Å². The number of carbonyl (C=O) groups excluding carboxylic acids is 2. The Morgan fingerprint density at radius 3 is 2.81 bits per heavy atom. The van der Waals surface area contributed by atoms with E-state index < -0.39 is 28.7 Å². The molecule has 3 rings (SSSR count). The van der Waals surface area contributed by atoms with Gasteiger partial charge in [-0.25, -0.2) is 17.9 Å². The summed E-state index contributed by atoms with van der Waals surface area (Å²) in [6.07, 6.45) is 0. The smallest absolute Gasteiger partial charge is 0.327 e. The van der Waals surface area contributed by atoms with Crippen molar-refractivity contribution in [1.82, 2.24) is 9.78 Å². The molecule has 1 N–H and O–H groups in total. The van der Waals surface area contributed by atoms with Crippen molar-refractivity contribution in [1.29, 1.82) is 0 Å². The lowest BCUT2D eigenvalue weighted by Crippen LogP contribution is -2.20. The average Bonchev–Trinajstić information content (AvgIpc) is 2.79. The van der Waals surface area contributed by atoms with Gasteiger partial charge in [-0.3, -0.25) is 9.59 Å². The summed E-state index contributed by atoms with van der Waals surface area (Å²) in [6, 6.07) is 1.99. The fraction of sp³-hybridized carbons (Fsp3) is 0.353. The van der Waals surface area contributed by atoms with E-state index >= 15 is 0 Å². The van der Waals surface area contributed by atoms with Crippen molar-refractivity contribution in [3.05, 3.63) is 46.4 Å². The summed E-state index contributed by atoms with van der Waals surface area (Å²) in [5.74, 6) is -4.93. The van der Waals surface area contributed by atoms with Gasteiger partial charge in [-0.2, -0.15) is 5.10 Å². The first-order valence-corrected chi connectivity index (χ1v) is 9.16. The number of esters is 1. The van der Waals surface area contributed by atoms with Crippen molar-refractivity contribution in [2.75, 3.05) is 17.7 Å². The second-order valence-electron chi connectivity index (χ2n) is 5.81. The van der Waals surface area contributed by atoms with Crippen molar-refractivity contribution < 1.29 is 27.5 Å². The van der Waals surface area contributed by atoms with Crippen LogP contribution in [0.5, 0.6) is 0 Å². The van der Waals surface area contributed by atoms with Gasteiger partial charge < -0.3 is 10.1 Å². The van der Waals surface area contributed by atoms with Crippen molar-refractivity contribution in [3.63, 3.8) is 0 Å². The maximum atomic E-state index is 14.4. The zero-order valence-corrected chi connectivity index (χ0v) is 15.3. The molecule has 1 atom stereocenters. The monoisotopic (exact) mass is 399 g/mol. The molecule has 1 aliphatic rings. The highest BCUT2D eigenvalue weighted by molar-refractivity contribution is 8.00. The minimum atomic E-state index is -1.57. The molecule has 10 heteroatoms. The molecule has 1 aromatic carbocycles. The number of thioether (sulfide) groups is 1. The molecular weight excluding hydrogens is 383 g/mol. The highest BCUT2D eigenvalue weighted by atomic mass is 32.2. The lowest BCUT2D eigenvalue weighted by Gasteiger charge is -2.16. The van der Waals surface area contributed by atoms with Gasteiger partial charge in [0, 0.05) is 11.1 Å². The number of anilines is 1. The van der Waals surface area contributed by atoms with Gasteiger partial charge in [-0.05, 0) is 19.9 Å². The maximum absolute atomic E-state index is 14.4. The Balaban J connectivity index is 2.10. The van der Waals surface area contributed by atoms with E-state index in [4.69, 9.17) is 4.74 Å². The highest BCUT2D eigenvalue weighted by Gasteiger charge is 2.33. The lowest BCUT2D eigenvalue weighted by atomic mass is 10.0. The molecule has 0 aliphatic carbocycles. The predicted octanol–water partition coefficient (Wildman–Crippen LogP) is 2.95. The van der Waals surface area contributed by atoms with E-state index in [1.165, 1.54) is 4.68 Å². The molecule has 27 heavy (non-hydrogen) atoms. The molecule has 0 spiro atoms. The molecule has 0 fully saturated rings. The van der Waals surface area contributed by atoms with Gasteiger partial charge in [-0.15, -0.1) is 11.8 Å². The molecule has 1 aliphatic heterocycles. The third-order valence-corrected chi connectivity index (χ3v) is 5.26. The van der Waals surface area contributed by atoms with E-state index in [0.29, 0.717) is 11.3 Å². The van der Waals surface area contributed by atoms with Crippen LogP contribution in [-0.4, -0.2) is 34.0 Å². The number of aromatic nitrogens is 2. The van der Waals surface area contributed by atoms with Crippen molar-refractivity contribution >= 4 is 29.5 Å². The summed E-state index contributed by atoms with van der Waals surface area (Å²) >= 11 is 1.06. The van der Waals surface area contributed by atoms with E-state index in [1.54, 1.807) is 13.8 Å². The van der Waals surface area contributed by atoms with Gasteiger partial charge in [0.2, 0.25) is 5.91 Å². The Labute approximate surface area is 157 Å². The Bertz CT molecular complexity index is 917. The summed E-state index contributed by atoms with van der Waals surface area (Å²) < 4.78 is 47.6. The molecule has 0 saturated carbocycles. The highest BCUT2D eigenvalue weighted by Crippen LogP contribution is 2.44. The van der Waals surface area contributed by atoms with E-state index in [-0.39, 0.29) is 36.2 Å². The van der Waals surface area contributed by atoms with Gasteiger partial charge in [0.05, 0.1) is 23.3 Å². The van der Waals surface area contributed by atoms with E-state index in [0.717, 1.165) is 23.9 Å². The molecule has 144 valence electrons. The molecule has 0 bridgehead atoms. The number of rotatable bonds is 4. The third kappa shape index (κ3) is 3.66. The van der Waals surface area contributed by atoms with Crippen LogP contribution in [-0.2, 0) is 20.9 Å². The molecular formula is C17H16F3N3O3S. The van der Waals surface area contributed by atoms with Crippen LogP contribution < -0.4 is 5.32 Å². The quantitative estimate of drug-likeness (QED) is 0.632. The fourth-order valence-electron chi connectivity index (χ4n) is 2.88. The summed E-state index contributed by atoms with van der Waals surface area (Å²) in [7, 11) is 0. The minimum absolute atomic E-state index is 0.0311. The van der Waals surface area contributed by atoms with Crippen LogP contribution in [0.2, 0.25) is 0 Å². The van der Waals surface area contributed by atoms with Crippen molar-refractivity contribution in [3.8, 4) is 0 Å². The lowest BCUT2D eigenvalue weighted by molar-refractivity contribution is -0.144. The Hall–Kier alpha value is -2.49. The van der Waals surface area contributed by atoms with Crippen LogP contribution in [0.25, 0.3) is 0 Å². The van der Waals surface area contributed by atoms with Gasteiger partial charge >= 0.3 is 5.97 Å². The molecule has 2 heterocycles. The van der Waals surface area contributed by atoms with Crippen LogP contribution in [0, 0.1) is 24.4 Å². The second kappa shape index (κ2) is 7.63. The number of nitrogens with zero attached hydrogens (tertiary/aromatic N) is 2. The van der Waals surface area contributed by atoms with Crippen LogP contribution in [0.4, 0.5) is 19.0 Å². The Morgan fingerprint density at radius 1 is 1.37 bits per heavy atom. The van der Waals surface area contributed by atoms with Gasteiger partial charge in [0.15, 0.2) is 17.5 Å². The summed E-state index contributed by atoms with van der Waals surface area (Å²) in [5.41, 5.74) is 0.758. The first kappa shape index (κ1) is 19.3. The second-order valence-corrected chi connectivity index (χ2v) is 6.91. The predicted molar refractivity (Wildman–Crippen MR) is 92.8 cm³/mol. The van der Waals surface area contributed by atoms with Gasteiger partial charge in [-0.1, -0.05) is 6.07 Å². The number of hydrogen-bond acceptors (Lipinski definition) is 5. The average molecular weight is 399 g/mol. The van der Waals surface area contributed by atoms with E-state index in [2.05, 4.69) is 10.4 Å². The molecule has 0 radical (unpaired) electrons. The zero-order chi connectivity index (χ0) is 19.7. The molecule has 1 amide bonds. The number of amides is 1. The summed E-state index contributed by atoms with van der Waals surface area (Å²) in [4.78, 5) is 23.9. The van der Waals surface area contributed by atoms with Crippen molar-refractivity contribution in [2.24, 2.45) is 0 Å². The number of ether oxygens (including phenoxy) is 1. The topological polar surface area (TPSA) is 73.2 Å². The van der Waals surface area contributed by atoms with Crippen molar-refractivity contribution in [2.45, 2.75) is 25.6 Å². The number of nitrogens with one attached hydrogen (secondary N) is 1. The molecule has 6 nitrogen and oxygen atoms in total. The van der Waals surface area contributed by atoms with E-state index in [9.17, 15) is 22.8 Å². The number of fused-ring (bicyclic) bond motifs is 1. The third-order valence-electron chi connectivity index (χ3n) is 4.01. The molecule has 1 aromatic heterocycles. The summed E-state index contributed by atoms with van der Waals surface area (Å²) in [5, 5.41) is 6.08. The van der Waals surface area contributed by atoms with Gasteiger partial charge in [0.1, 0.15) is 12.4 Å². The normalized spacial score (nSPS) is 16.5. The van der Waals surface area contributed by atoms with E-state index in [1.807, 2.05) is 0 Å². The van der Waals surface area contributed by atoms with Crippen LogP contribution in [0.15, 0.2) is 12.1 Å². The standard InChI is InChI=1S/C17H16F3N3O3S/c1-3-26-12(25)6-23-17-13(8(2)22-23)16(27-7-11(24)21-17)9-4-5-10(18)15(20)14(9)19/h4-5,16H,3,6-7H2,1-2H3,(H,21,24)/t16-/m1/s1. The molecule has 0 saturated heterocycles. The number of hydrogen-bond donors (Lipinski definition) is 1. The molecule has 2 aromatic rings. The van der Waals surface area contributed by atoms with Crippen LogP contribution in [0.3, 0.4) is 0 Å². The number of benzene rings is 1. The Morgan fingerprint density at radius 2 is 2.11 bits per heavy atom. The fourth-order valence-corrected chi connectivity index (χ4v) is 4.08. The first-order chi connectivity index (χ1) is 12.8. The SMILES string of the molecule is CCOC(=O)Cn1nc(C)c2c1NC(=O)CS[C@@H]2c1ccc(F)c(F)c1F. The van der Waals surface area contributed by atoms with Crippen LogP contribution >= 0.6 is 11.8 Å². The molecule has 0 unspecified atom stereocenters. The maximum Gasteiger partial charge on any atom is 0.327 e. The minimum Gasteiger partial charge on any atom is -0.465 e. The number of halogens is 3. The Kier molecular flexibility index (Phi) is 5.45. The largest absolute Gasteiger partial charge is 0.465 e. The van der Waals surface area contributed by atoms with Crippen LogP contribution in [0.1, 0.15) is 29.0 Å². The summed E-state index contributed by atoms with van der Waals surface area (Å²) in [6.45, 7) is 3.23. The number of carbonyl (C=O) groups is 2. The zero-order valence-electron chi connectivity index (χ0n) is 14.5. The first-order valence-electron chi connectivity index (χ1n) is 8.11.